The molecule has 174 valence electrons. The molecule has 1 aliphatic rings. The van der Waals surface area contributed by atoms with E-state index in [0.717, 1.165) is 6.33 Å². The Morgan fingerprint density at radius 2 is 1.71 bits per heavy atom. The number of nitrogens with two attached hydrogens (primary N) is 1. The van der Waals surface area contributed by atoms with E-state index in [2.05, 4.69) is 28.1 Å². The molecule has 0 aliphatic carbocycles. The number of rotatable bonds is 8. The lowest BCUT2D eigenvalue weighted by atomic mass is 10.1. The molecular weight excluding hydrogens is 491 g/mol. The lowest BCUT2D eigenvalue weighted by molar-refractivity contribution is -0.0503. The molecule has 1 fully saturated rings. The first-order valence-corrected chi connectivity index (χ1v) is 12.4. The van der Waals surface area contributed by atoms with Crippen LogP contribution in [0.2, 0.25) is 0 Å². The van der Waals surface area contributed by atoms with Crippen LogP contribution in [0, 0.1) is 0 Å². The van der Waals surface area contributed by atoms with Crippen LogP contribution in [-0.2, 0) is 31.6 Å². The molecule has 0 radical (unpaired) electrons. The third-order valence-corrected chi connectivity index (χ3v) is 7.62. The topological polar surface area (TPSA) is 279 Å². The monoisotopic (exact) mass is 507 g/mol. The molecule has 31 heavy (non-hydrogen) atoms. The number of ether oxygens (including phenoxy) is 1. The molecule has 0 aromatic carbocycles. The van der Waals surface area contributed by atoms with Crippen molar-refractivity contribution in [2.24, 2.45) is 0 Å². The van der Waals surface area contributed by atoms with Crippen LogP contribution in [0.15, 0.2) is 12.7 Å². The van der Waals surface area contributed by atoms with Gasteiger partial charge in [0.2, 0.25) is 0 Å². The number of phosphoric ester groups is 1. The zero-order valence-electron chi connectivity index (χ0n) is 14.9. The zero-order valence-corrected chi connectivity index (χ0v) is 17.6. The number of nitrogen functional groups attached to an aromatic ring is 1. The van der Waals surface area contributed by atoms with Crippen molar-refractivity contribution in [2.75, 3.05) is 12.3 Å². The minimum Gasteiger partial charge on any atom is -0.387 e. The summed E-state index contributed by atoms with van der Waals surface area (Å²) in [6, 6.07) is 0. The van der Waals surface area contributed by atoms with Crippen LogP contribution in [0.3, 0.4) is 0 Å². The van der Waals surface area contributed by atoms with E-state index in [0.29, 0.717) is 0 Å². The van der Waals surface area contributed by atoms with Crippen LogP contribution in [0.25, 0.3) is 11.2 Å². The Labute approximate surface area is 171 Å². The van der Waals surface area contributed by atoms with Gasteiger partial charge < -0.3 is 40.3 Å². The maximum absolute atomic E-state index is 11.8. The van der Waals surface area contributed by atoms with Crippen LogP contribution in [0.5, 0.6) is 0 Å². The fourth-order valence-electron chi connectivity index (χ4n) is 2.62. The number of fused-ring (bicyclic) bond motifs is 1. The van der Waals surface area contributed by atoms with Gasteiger partial charge in [-0.05, 0) is 0 Å². The summed E-state index contributed by atoms with van der Waals surface area (Å²) in [6.45, 7) is -0.956. The molecular formula is C10H16N5O13P3. The van der Waals surface area contributed by atoms with E-state index in [1.807, 2.05) is 0 Å². The average molecular weight is 507 g/mol. The van der Waals surface area contributed by atoms with Gasteiger partial charge in [-0.2, -0.15) is 8.62 Å². The van der Waals surface area contributed by atoms with Gasteiger partial charge in [-0.1, -0.05) is 0 Å². The second-order valence-corrected chi connectivity index (χ2v) is 10.4. The van der Waals surface area contributed by atoms with Crippen LogP contribution < -0.4 is 5.73 Å². The molecule has 18 nitrogen and oxygen atoms in total. The van der Waals surface area contributed by atoms with Crippen LogP contribution in [0.1, 0.15) is 6.23 Å². The molecule has 6 atom stereocenters. The summed E-state index contributed by atoms with van der Waals surface area (Å²) >= 11 is 0. The van der Waals surface area contributed by atoms with Gasteiger partial charge >= 0.3 is 23.5 Å². The van der Waals surface area contributed by atoms with E-state index in [9.17, 15) is 28.8 Å². The zero-order chi connectivity index (χ0) is 23.2. The van der Waals surface area contributed by atoms with Crippen molar-refractivity contribution in [3.63, 3.8) is 0 Å². The Bertz CT molecular complexity index is 1100. The second kappa shape index (κ2) is 8.53. The lowest BCUT2D eigenvalue weighted by Gasteiger charge is -2.19. The molecule has 0 amide bonds. The maximum atomic E-state index is 11.8. The van der Waals surface area contributed by atoms with Crippen molar-refractivity contribution >= 4 is 40.4 Å². The molecule has 3 heterocycles. The molecule has 1 saturated heterocycles. The summed E-state index contributed by atoms with van der Waals surface area (Å²) < 4.78 is 51.9. The number of hydrogen-bond acceptors (Lipinski definition) is 13. The van der Waals surface area contributed by atoms with Crippen molar-refractivity contribution < 1.29 is 61.4 Å². The highest BCUT2D eigenvalue weighted by Crippen LogP contribution is 2.66. The highest BCUT2D eigenvalue weighted by Gasteiger charge is 2.47. The number of aromatic nitrogens is 4. The normalized spacial score (nSPS) is 28.5. The molecule has 0 spiro atoms. The maximum Gasteiger partial charge on any atom is 0.490 e. The smallest absolute Gasteiger partial charge is 0.387 e. The van der Waals surface area contributed by atoms with Crippen LogP contribution in [-0.4, -0.2) is 74.2 Å². The van der Waals surface area contributed by atoms with E-state index < -0.39 is 54.6 Å². The van der Waals surface area contributed by atoms with Gasteiger partial charge in [0.25, 0.3) is 0 Å². The number of aliphatic hydroxyl groups excluding tert-OH is 2. The van der Waals surface area contributed by atoms with Crippen molar-refractivity contribution in [1.29, 1.82) is 0 Å². The minimum absolute atomic E-state index is 0.0426. The van der Waals surface area contributed by atoms with Crippen LogP contribution in [0.4, 0.5) is 5.82 Å². The van der Waals surface area contributed by atoms with Gasteiger partial charge in [0.1, 0.15) is 30.2 Å². The first kappa shape index (κ1) is 24.3. The average Bonchev–Trinajstić information content (AvgIpc) is 3.13. The molecule has 0 saturated carbocycles. The number of hydrogen-bond donors (Lipinski definition) is 7. The Morgan fingerprint density at radius 1 is 1.03 bits per heavy atom. The largest absolute Gasteiger partial charge is 0.490 e. The molecule has 21 heteroatoms. The third-order valence-electron chi connectivity index (χ3n) is 3.82. The standard InChI is InChI=1S/C10H16N5O13P3/c11-8-5-9(13-2-12-8)15(3-14-5)10-7(17)6(16)4(26-10)1-25-30(21,22)28-31(23,24)27-29(18,19)20/h2-4,6-7,10,16-17H,1H2,(H,21,22)(H,23,24)(H2,11,12,13)(H2,18,19,20)/t4-,6?,7+,10-/m1/s1. The number of nitrogens with zero attached hydrogens (tertiary/aromatic N) is 4. The highest BCUT2D eigenvalue weighted by molar-refractivity contribution is 7.66. The van der Waals surface area contributed by atoms with Crippen LogP contribution >= 0.6 is 23.5 Å². The minimum atomic E-state index is -5.70. The molecule has 3 rings (SSSR count). The molecule has 2 aromatic rings. The molecule has 8 N–H and O–H groups in total. The van der Waals surface area contributed by atoms with E-state index in [-0.39, 0.29) is 17.0 Å². The Kier molecular flexibility index (Phi) is 6.68. The predicted molar refractivity (Wildman–Crippen MR) is 95.5 cm³/mol. The number of anilines is 1. The lowest BCUT2D eigenvalue weighted by Crippen LogP contribution is -2.33. The SMILES string of the molecule is Nc1ncnc2c1ncn2[C@@H]1O[C@H](COP(=O)(O)OP(=O)(O)OP(=O)(O)O)C(O)[C@@H]1O. The van der Waals surface area contributed by atoms with Gasteiger partial charge in [-0.25, -0.2) is 28.6 Å². The Balaban J connectivity index is 1.69. The number of aliphatic hydroxyl groups is 2. The molecule has 3 unspecified atom stereocenters. The fourth-order valence-corrected chi connectivity index (χ4v) is 5.65. The number of imidazole rings is 1. The molecule has 1 aliphatic heterocycles. The van der Waals surface area contributed by atoms with Gasteiger partial charge in [-0.15, -0.1) is 0 Å². The second-order valence-electron chi connectivity index (χ2n) is 6.02. The summed E-state index contributed by atoms with van der Waals surface area (Å²) in [5, 5.41) is 20.4. The van der Waals surface area contributed by atoms with Crippen molar-refractivity contribution in [2.45, 2.75) is 24.5 Å². The Morgan fingerprint density at radius 3 is 2.35 bits per heavy atom. The first-order chi connectivity index (χ1) is 14.2. The molecule has 0 bridgehead atoms. The summed E-state index contributed by atoms with van der Waals surface area (Å²) in [6.07, 6.45) is -3.69. The van der Waals surface area contributed by atoms with E-state index >= 15 is 0 Å². The summed E-state index contributed by atoms with van der Waals surface area (Å²) in [5.41, 5.74) is 6.00. The summed E-state index contributed by atoms with van der Waals surface area (Å²) in [5.74, 6) is 0.0426. The first-order valence-electron chi connectivity index (χ1n) is 7.92. The van der Waals surface area contributed by atoms with Gasteiger partial charge in [0, 0.05) is 0 Å². The summed E-state index contributed by atoms with van der Waals surface area (Å²) in [4.78, 5) is 47.2. The Hall–Kier alpha value is -1.36. The third kappa shape index (κ3) is 5.71. The van der Waals surface area contributed by atoms with Gasteiger partial charge in [0.05, 0.1) is 12.9 Å². The van der Waals surface area contributed by atoms with E-state index in [1.54, 1.807) is 0 Å². The van der Waals surface area contributed by atoms with Crippen molar-refractivity contribution in [1.82, 2.24) is 19.5 Å². The van der Waals surface area contributed by atoms with Gasteiger partial charge in [0.15, 0.2) is 17.7 Å². The fraction of sp³-hybridized carbons (Fsp3) is 0.500. The summed E-state index contributed by atoms with van der Waals surface area (Å²) in [7, 11) is -16.7. The van der Waals surface area contributed by atoms with Crippen molar-refractivity contribution in [3.05, 3.63) is 12.7 Å². The van der Waals surface area contributed by atoms with E-state index in [4.69, 9.17) is 25.2 Å². The number of phosphoric acid groups is 3. The van der Waals surface area contributed by atoms with E-state index in [1.165, 1.54) is 10.9 Å². The molecule has 2 aromatic heterocycles. The predicted octanol–water partition coefficient (Wildman–Crippen LogP) is -1.63. The van der Waals surface area contributed by atoms with Crippen molar-refractivity contribution in [3.8, 4) is 0 Å². The quantitative estimate of drug-likeness (QED) is 0.197. The highest BCUT2D eigenvalue weighted by atomic mass is 31.3. The van der Waals surface area contributed by atoms with Gasteiger partial charge in [-0.3, -0.25) is 9.09 Å².